The third kappa shape index (κ3) is 4.34. The minimum absolute atomic E-state index is 0.129. The molecule has 4 heteroatoms. The molecule has 0 aromatic carbocycles. The van der Waals surface area contributed by atoms with Crippen LogP contribution in [0.15, 0.2) is 12.2 Å². The van der Waals surface area contributed by atoms with Crippen LogP contribution in [0, 0.1) is 0 Å². The van der Waals surface area contributed by atoms with Gasteiger partial charge in [-0.25, -0.2) is 4.79 Å². The third-order valence-corrected chi connectivity index (χ3v) is 2.64. The first kappa shape index (κ1) is 12.0. The van der Waals surface area contributed by atoms with E-state index in [4.69, 9.17) is 4.74 Å². The topological polar surface area (TPSA) is 47.6 Å². The maximum Gasteiger partial charge on any atom is 0.508 e. The molecule has 0 aromatic rings. The van der Waals surface area contributed by atoms with Crippen molar-refractivity contribution in [2.45, 2.75) is 37.8 Å². The first-order chi connectivity index (χ1) is 7.26. The van der Waals surface area contributed by atoms with Crippen LogP contribution in [0.1, 0.15) is 25.7 Å². The maximum absolute atomic E-state index is 10.9. The van der Waals surface area contributed by atoms with Gasteiger partial charge in [-0.05, 0) is 38.8 Å². The highest BCUT2D eigenvalue weighted by atomic mass is 16.7. The average molecular weight is 213 g/mol. The Balaban J connectivity index is 2.41. The van der Waals surface area contributed by atoms with Gasteiger partial charge in [0.15, 0.2) is 0 Å². The van der Waals surface area contributed by atoms with Gasteiger partial charge in [-0.15, -0.1) is 0 Å². The number of methoxy groups -OCH3 is 1. The predicted molar refractivity (Wildman–Crippen MR) is 57.7 cm³/mol. The lowest BCUT2D eigenvalue weighted by Gasteiger charge is -2.20. The number of rotatable bonds is 2. The van der Waals surface area contributed by atoms with E-state index in [0.29, 0.717) is 6.04 Å². The molecule has 0 heterocycles. The summed E-state index contributed by atoms with van der Waals surface area (Å²) < 4.78 is 9.54. The van der Waals surface area contributed by atoms with E-state index >= 15 is 0 Å². The molecule has 1 N–H and O–H groups in total. The SMILES string of the molecule is CNC1C/C=C/C(OC(=O)OC)CCC1. The molecule has 2 atom stereocenters. The number of nitrogens with one attached hydrogen (secondary N) is 1. The summed E-state index contributed by atoms with van der Waals surface area (Å²) in [5.41, 5.74) is 0. The van der Waals surface area contributed by atoms with E-state index in [9.17, 15) is 4.79 Å². The molecule has 1 aliphatic carbocycles. The van der Waals surface area contributed by atoms with E-state index in [1.54, 1.807) is 0 Å². The van der Waals surface area contributed by atoms with Gasteiger partial charge in [0.05, 0.1) is 7.11 Å². The van der Waals surface area contributed by atoms with Crippen LogP contribution in [0.2, 0.25) is 0 Å². The molecular weight excluding hydrogens is 194 g/mol. The summed E-state index contributed by atoms with van der Waals surface area (Å²) in [6.07, 6.45) is 7.29. The Hall–Kier alpha value is -1.03. The fourth-order valence-electron chi connectivity index (χ4n) is 1.71. The quantitative estimate of drug-likeness (QED) is 0.562. The Morgan fingerprint density at radius 1 is 1.47 bits per heavy atom. The Labute approximate surface area is 90.6 Å². The monoisotopic (exact) mass is 213 g/mol. The van der Waals surface area contributed by atoms with Crippen molar-refractivity contribution in [1.82, 2.24) is 5.32 Å². The number of hydrogen-bond acceptors (Lipinski definition) is 4. The molecule has 15 heavy (non-hydrogen) atoms. The highest BCUT2D eigenvalue weighted by Gasteiger charge is 2.15. The van der Waals surface area contributed by atoms with Gasteiger partial charge in [0.1, 0.15) is 6.10 Å². The van der Waals surface area contributed by atoms with Crippen LogP contribution in [-0.4, -0.2) is 32.5 Å². The Morgan fingerprint density at radius 2 is 2.27 bits per heavy atom. The summed E-state index contributed by atoms with van der Waals surface area (Å²) >= 11 is 0. The van der Waals surface area contributed by atoms with Crippen molar-refractivity contribution in [1.29, 1.82) is 0 Å². The molecule has 0 aliphatic heterocycles. The lowest BCUT2D eigenvalue weighted by atomic mass is 10.0. The summed E-state index contributed by atoms with van der Waals surface area (Å²) in [7, 11) is 3.30. The minimum atomic E-state index is -0.601. The molecule has 2 unspecified atom stereocenters. The van der Waals surface area contributed by atoms with Crippen molar-refractivity contribution < 1.29 is 14.3 Å². The average Bonchev–Trinajstić information content (AvgIpc) is 2.21. The first-order valence-corrected chi connectivity index (χ1v) is 5.34. The third-order valence-electron chi connectivity index (χ3n) is 2.64. The van der Waals surface area contributed by atoms with E-state index in [1.165, 1.54) is 7.11 Å². The van der Waals surface area contributed by atoms with Gasteiger partial charge in [-0.2, -0.15) is 0 Å². The lowest BCUT2D eigenvalue weighted by Crippen LogP contribution is -2.26. The van der Waals surface area contributed by atoms with Crippen molar-refractivity contribution >= 4 is 6.16 Å². The van der Waals surface area contributed by atoms with Crippen molar-refractivity contribution in [3.63, 3.8) is 0 Å². The van der Waals surface area contributed by atoms with Crippen molar-refractivity contribution in [3.05, 3.63) is 12.2 Å². The summed E-state index contributed by atoms with van der Waals surface area (Å²) in [4.78, 5) is 10.9. The molecule has 1 aliphatic rings. The van der Waals surface area contributed by atoms with E-state index in [-0.39, 0.29) is 6.10 Å². The molecule has 4 nitrogen and oxygen atoms in total. The molecule has 0 saturated carbocycles. The minimum Gasteiger partial charge on any atom is -0.438 e. The molecule has 0 radical (unpaired) electrons. The Bertz CT molecular complexity index is 228. The van der Waals surface area contributed by atoms with Gasteiger partial charge >= 0.3 is 6.16 Å². The van der Waals surface area contributed by atoms with Crippen LogP contribution in [0.3, 0.4) is 0 Å². The lowest BCUT2D eigenvalue weighted by molar-refractivity contribution is 0.0485. The van der Waals surface area contributed by atoms with Crippen molar-refractivity contribution in [2.24, 2.45) is 0 Å². The summed E-state index contributed by atoms with van der Waals surface area (Å²) in [6.45, 7) is 0. The highest BCUT2D eigenvalue weighted by Crippen LogP contribution is 2.15. The molecule has 86 valence electrons. The standard InChI is InChI=1S/C11H19NO3/c1-12-9-5-3-7-10(8-4-6-9)15-11(13)14-2/h3,7,9-10,12H,4-6,8H2,1-2H3/b7-3+. The Morgan fingerprint density at radius 3 is 2.93 bits per heavy atom. The molecule has 0 aromatic heterocycles. The van der Waals surface area contributed by atoms with Gasteiger partial charge in [-0.3, -0.25) is 0 Å². The normalized spacial score (nSPS) is 28.7. The zero-order valence-corrected chi connectivity index (χ0v) is 9.36. The van der Waals surface area contributed by atoms with Crippen LogP contribution in [0.25, 0.3) is 0 Å². The van der Waals surface area contributed by atoms with Gasteiger partial charge in [0.25, 0.3) is 0 Å². The number of carbonyl (C=O) groups excluding carboxylic acids is 1. The maximum atomic E-state index is 10.9. The zero-order chi connectivity index (χ0) is 11.1. The van der Waals surface area contributed by atoms with Crippen molar-refractivity contribution in [3.8, 4) is 0 Å². The number of ether oxygens (including phenoxy) is 2. The fraction of sp³-hybridized carbons (Fsp3) is 0.727. The number of carbonyl (C=O) groups is 1. The molecule has 0 spiro atoms. The second kappa shape index (κ2) is 6.45. The number of hydrogen-bond donors (Lipinski definition) is 1. The molecule has 0 bridgehead atoms. The summed E-state index contributed by atoms with van der Waals surface area (Å²) in [5.74, 6) is 0. The second-order valence-electron chi connectivity index (χ2n) is 3.69. The summed E-state index contributed by atoms with van der Waals surface area (Å²) in [5, 5.41) is 3.25. The van der Waals surface area contributed by atoms with Crippen LogP contribution in [0.5, 0.6) is 0 Å². The van der Waals surface area contributed by atoms with Gasteiger partial charge in [0, 0.05) is 6.04 Å². The molecule has 0 fully saturated rings. The molecule has 0 saturated heterocycles. The van der Waals surface area contributed by atoms with Crippen molar-refractivity contribution in [2.75, 3.05) is 14.2 Å². The largest absolute Gasteiger partial charge is 0.508 e. The van der Waals surface area contributed by atoms with Crippen LogP contribution in [-0.2, 0) is 9.47 Å². The highest BCUT2D eigenvalue weighted by molar-refractivity contribution is 5.60. The fourth-order valence-corrected chi connectivity index (χ4v) is 1.71. The molecule has 1 rings (SSSR count). The zero-order valence-electron chi connectivity index (χ0n) is 9.36. The Kier molecular flexibility index (Phi) is 5.18. The van der Waals surface area contributed by atoms with Crippen LogP contribution in [0.4, 0.5) is 4.79 Å². The summed E-state index contributed by atoms with van der Waals surface area (Å²) in [6, 6.07) is 0.542. The van der Waals surface area contributed by atoms with E-state index < -0.39 is 6.16 Å². The van der Waals surface area contributed by atoms with Crippen LogP contribution >= 0.6 is 0 Å². The van der Waals surface area contributed by atoms with Gasteiger partial charge in [-0.1, -0.05) is 6.08 Å². The van der Waals surface area contributed by atoms with E-state index in [1.807, 2.05) is 13.1 Å². The predicted octanol–water partition coefficient (Wildman–Crippen LogP) is 1.86. The van der Waals surface area contributed by atoms with E-state index in [0.717, 1.165) is 25.7 Å². The van der Waals surface area contributed by atoms with Gasteiger partial charge < -0.3 is 14.8 Å². The molecular formula is C11H19NO3. The van der Waals surface area contributed by atoms with E-state index in [2.05, 4.69) is 16.1 Å². The van der Waals surface area contributed by atoms with Crippen LogP contribution < -0.4 is 5.32 Å². The smallest absolute Gasteiger partial charge is 0.438 e. The first-order valence-electron chi connectivity index (χ1n) is 5.34. The molecule has 0 amide bonds. The second-order valence-corrected chi connectivity index (χ2v) is 3.69. The van der Waals surface area contributed by atoms with Gasteiger partial charge in [0.2, 0.25) is 0 Å².